The predicted octanol–water partition coefficient (Wildman–Crippen LogP) is 3.26. The number of hydrogen-bond acceptors (Lipinski definition) is 5. The van der Waals surface area contributed by atoms with E-state index < -0.39 is 0 Å². The van der Waals surface area contributed by atoms with Gasteiger partial charge in [0.05, 0.1) is 18.5 Å². The fraction of sp³-hybridized carbons (Fsp3) is 0.391. The van der Waals surface area contributed by atoms with Crippen LogP contribution in [0.3, 0.4) is 0 Å². The molecule has 2 aromatic rings. The van der Waals surface area contributed by atoms with Gasteiger partial charge < -0.3 is 19.4 Å². The maximum atomic E-state index is 12.8. The Morgan fingerprint density at radius 3 is 2.30 bits per heavy atom. The molecule has 0 unspecified atom stereocenters. The molecule has 2 aliphatic rings. The van der Waals surface area contributed by atoms with Crippen LogP contribution >= 0.6 is 11.8 Å². The normalized spacial score (nSPS) is 16.2. The van der Waals surface area contributed by atoms with Crippen molar-refractivity contribution in [3.8, 4) is 5.75 Å². The maximum Gasteiger partial charge on any atom is 0.227 e. The monoisotopic (exact) mass is 425 g/mol. The number of carbonyl (C=O) groups is 2. The number of rotatable bonds is 5. The second-order valence-electron chi connectivity index (χ2n) is 7.40. The molecule has 2 amide bonds. The van der Waals surface area contributed by atoms with E-state index in [1.165, 1.54) is 0 Å². The molecule has 0 aliphatic carbocycles. The molecule has 30 heavy (non-hydrogen) atoms. The maximum absolute atomic E-state index is 12.8. The van der Waals surface area contributed by atoms with Crippen LogP contribution < -0.4 is 14.5 Å². The lowest BCUT2D eigenvalue weighted by Crippen LogP contribution is -2.49. The Balaban J connectivity index is 1.29. The lowest BCUT2D eigenvalue weighted by molar-refractivity contribution is -0.133. The van der Waals surface area contributed by atoms with Gasteiger partial charge in [-0.3, -0.25) is 9.59 Å². The summed E-state index contributed by atoms with van der Waals surface area (Å²) in [6.07, 6.45) is 0.518. The van der Waals surface area contributed by atoms with Crippen LogP contribution in [0.15, 0.2) is 53.4 Å². The van der Waals surface area contributed by atoms with Gasteiger partial charge in [-0.1, -0.05) is 24.3 Å². The average molecular weight is 426 g/mol. The van der Waals surface area contributed by atoms with Gasteiger partial charge in [-0.25, -0.2) is 0 Å². The molecule has 2 aromatic carbocycles. The number of ether oxygens (including phenoxy) is 1. The number of thioether (sulfide) groups is 1. The van der Waals surface area contributed by atoms with E-state index in [-0.39, 0.29) is 24.7 Å². The first-order valence-corrected chi connectivity index (χ1v) is 11.3. The van der Waals surface area contributed by atoms with Gasteiger partial charge in [0, 0.05) is 56.2 Å². The minimum absolute atomic E-state index is 0.0313. The lowest BCUT2D eigenvalue weighted by Gasteiger charge is -2.36. The summed E-state index contributed by atoms with van der Waals surface area (Å²) in [6.45, 7) is 3.54. The largest absolute Gasteiger partial charge is 0.495 e. The predicted molar refractivity (Wildman–Crippen MR) is 121 cm³/mol. The quantitative estimate of drug-likeness (QED) is 0.736. The number of anilines is 2. The standard InChI is InChI=1S/C23H27N3O3S/c1-29-20-8-4-2-6-18(20)24-12-14-25(15-13-24)22(27)10-11-23(28)26-16-17-30-21-9-5-3-7-19(21)26/h2-9H,10-17H2,1H3. The summed E-state index contributed by atoms with van der Waals surface area (Å²) in [5, 5.41) is 0. The number of piperazine rings is 1. The molecule has 1 saturated heterocycles. The first-order valence-electron chi connectivity index (χ1n) is 10.4. The molecule has 2 aliphatic heterocycles. The zero-order valence-electron chi connectivity index (χ0n) is 17.3. The number of nitrogens with zero attached hydrogens (tertiary/aromatic N) is 3. The summed E-state index contributed by atoms with van der Waals surface area (Å²) < 4.78 is 5.45. The Kier molecular flexibility index (Phi) is 6.47. The summed E-state index contributed by atoms with van der Waals surface area (Å²) in [5.41, 5.74) is 2.03. The molecule has 2 heterocycles. The van der Waals surface area contributed by atoms with Gasteiger partial charge in [0.25, 0.3) is 0 Å². The number of amides is 2. The molecule has 1 fully saturated rings. The second kappa shape index (κ2) is 9.43. The Morgan fingerprint density at radius 1 is 0.867 bits per heavy atom. The molecule has 0 N–H and O–H groups in total. The number of para-hydroxylation sites is 3. The summed E-state index contributed by atoms with van der Waals surface area (Å²) in [6, 6.07) is 15.9. The van der Waals surface area contributed by atoms with Gasteiger partial charge in [-0.15, -0.1) is 11.8 Å². The van der Waals surface area contributed by atoms with Crippen molar-refractivity contribution in [2.75, 3.05) is 55.4 Å². The number of hydrogen-bond donors (Lipinski definition) is 0. The third-order valence-electron chi connectivity index (χ3n) is 5.64. The molecule has 158 valence electrons. The van der Waals surface area contributed by atoms with Gasteiger partial charge >= 0.3 is 0 Å². The van der Waals surface area contributed by atoms with Gasteiger partial charge in [-0.2, -0.15) is 0 Å². The highest BCUT2D eigenvalue weighted by Gasteiger charge is 2.26. The van der Waals surface area contributed by atoms with Crippen LogP contribution in [0.2, 0.25) is 0 Å². The van der Waals surface area contributed by atoms with Crippen molar-refractivity contribution in [1.82, 2.24) is 4.90 Å². The van der Waals surface area contributed by atoms with E-state index in [2.05, 4.69) is 4.90 Å². The summed E-state index contributed by atoms with van der Waals surface area (Å²) in [4.78, 5) is 32.6. The van der Waals surface area contributed by atoms with Crippen LogP contribution in [-0.2, 0) is 9.59 Å². The van der Waals surface area contributed by atoms with Crippen LogP contribution in [0, 0.1) is 0 Å². The Bertz CT molecular complexity index is 912. The minimum Gasteiger partial charge on any atom is -0.495 e. The van der Waals surface area contributed by atoms with Crippen molar-refractivity contribution in [1.29, 1.82) is 0 Å². The van der Waals surface area contributed by atoms with Crippen molar-refractivity contribution in [2.45, 2.75) is 17.7 Å². The molecular weight excluding hydrogens is 398 g/mol. The SMILES string of the molecule is COc1ccccc1N1CCN(C(=O)CCC(=O)N2CCSc3ccccc32)CC1. The van der Waals surface area contributed by atoms with Gasteiger partial charge in [0.15, 0.2) is 0 Å². The molecule has 0 radical (unpaired) electrons. The van der Waals surface area contributed by atoms with Gasteiger partial charge in [0.1, 0.15) is 5.75 Å². The van der Waals surface area contributed by atoms with Crippen LogP contribution in [0.25, 0.3) is 0 Å². The van der Waals surface area contributed by atoms with E-state index in [1.54, 1.807) is 18.9 Å². The Labute approximate surface area is 181 Å². The van der Waals surface area contributed by atoms with Crippen LogP contribution in [0.5, 0.6) is 5.75 Å². The molecule has 4 rings (SSSR count). The van der Waals surface area contributed by atoms with E-state index in [0.29, 0.717) is 19.6 Å². The third-order valence-corrected chi connectivity index (χ3v) is 6.68. The Hall–Kier alpha value is -2.67. The molecular formula is C23H27N3O3S. The van der Waals surface area contributed by atoms with Crippen molar-refractivity contribution in [3.63, 3.8) is 0 Å². The first kappa shape index (κ1) is 20.6. The molecule has 0 atom stereocenters. The average Bonchev–Trinajstić information content (AvgIpc) is 2.82. The number of fused-ring (bicyclic) bond motifs is 1. The first-order chi connectivity index (χ1) is 14.7. The molecule has 0 bridgehead atoms. The number of methoxy groups -OCH3 is 1. The molecule has 0 saturated carbocycles. The van der Waals surface area contributed by atoms with Gasteiger partial charge in [0.2, 0.25) is 11.8 Å². The highest BCUT2D eigenvalue weighted by Crippen LogP contribution is 2.34. The van der Waals surface area contributed by atoms with Crippen molar-refractivity contribution in [3.05, 3.63) is 48.5 Å². The number of benzene rings is 2. The second-order valence-corrected chi connectivity index (χ2v) is 8.54. The molecule has 6 nitrogen and oxygen atoms in total. The highest BCUT2D eigenvalue weighted by atomic mass is 32.2. The third kappa shape index (κ3) is 4.41. The van der Waals surface area contributed by atoms with E-state index in [9.17, 15) is 9.59 Å². The zero-order valence-corrected chi connectivity index (χ0v) is 18.1. The smallest absolute Gasteiger partial charge is 0.227 e. The summed E-state index contributed by atoms with van der Waals surface area (Å²) >= 11 is 1.78. The Morgan fingerprint density at radius 2 is 1.53 bits per heavy atom. The van der Waals surface area contributed by atoms with E-state index in [1.807, 2.05) is 58.3 Å². The highest BCUT2D eigenvalue weighted by molar-refractivity contribution is 7.99. The van der Waals surface area contributed by atoms with Crippen LogP contribution in [0.1, 0.15) is 12.8 Å². The van der Waals surface area contributed by atoms with Gasteiger partial charge in [-0.05, 0) is 24.3 Å². The van der Waals surface area contributed by atoms with E-state index in [0.717, 1.165) is 40.9 Å². The minimum atomic E-state index is 0.0313. The fourth-order valence-corrected chi connectivity index (χ4v) is 5.02. The van der Waals surface area contributed by atoms with Crippen molar-refractivity contribution >= 4 is 35.0 Å². The zero-order chi connectivity index (χ0) is 20.9. The van der Waals surface area contributed by atoms with Crippen molar-refractivity contribution < 1.29 is 14.3 Å². The van der Waals surface area contributed by atoms with E-state index in [4.69, 9.17) is 4.74 Å². The summed E-state index contributed by atoms with van der Waals surface area (Å²) in [5.74, 6) is 1.83. The fourth-order valence-electron chi connectivity index (χ4n) is 4.02. The van der Waals surface area contributed by atoms with Crippen LogP contribution in [-0.4, -0.2) is 62.3 Å². The summed E-state index contributed by atoms with van der Waals surface area (Å²) in [7, 11) is 1.68. The number of carbonyl (C=O) groups excluding carboxylic acids is 2. The van der Waals surface area contributed by atoms with E-state index >= 15 is 0 Å². The topological polar surface area (TPSA) is 53.1 Å². The molecule has 0 spiro atoms. The van der Waals surface area contributed by atoms with Crippen LogP contribution in [0.4, 0.5) is 11.4 Å². The molecule has 7 heteroatoms. The lowest BCUT2D eigenvalue weighted by atomic mass is 10.2. The molecule has 0 aromatic heterocycles. The van der Waals surface area contributed by atoms with Crippen molar-refractivity contribution in [2.24, 2.45) is 0 Å².